The number of H-pyrrole nitrogens is 1. The van der Waals surface area contributed by atoms with Gasteiger partial charge in [-0.3, -0.25) is 19.7 Å². The number of aromatic amines is 1. The van der Waals surface area contributed by atoms with E-state index in [4.69, 9.17) is 0 Å². The second-order valence-electron chi connectivity index (χ2n) is 4.50. The van der Waals surface area contributed by atoms with Crippen molar-refractivity contribution in [1.82, 2.24) is 9.88 Å². The van der Waals surface area contributed by atoms with Gasteiger partial charge in [-0.15, -0.1) is 0 Å². The molecule has 0 aliphatic heterocycles. The van der Waals surface area contributed by atoms with Crippen molar-refractivity contribution < 1.29 is 9.72 Å². The molecule has 0 aliphatic rings. The van der Waals surface area contributed by atoms with Gasteiger partial charge in [0.1, 0.15) is 5.56 Å². The number of rotatable bonds is 4. The number of carbonyl (C=O) groups excluding carboxylic acids is 1. The fourth-order valence-electron chi connectivity index (χ4n) is 1.87. The lowest BCUT2D eigenvalue weighted by Gasteiger charge is -2.16. The molecule has 0 unspecified atom stereocenters. The van der Waals surface area contributed by atoms with Gasteiger partial charge in [0.25, 0.3) is 17.2 Å². The minimum absolute atomic E-state index is 0.248. The van der Waals surface area contributed by atoms with Crippen LogP contribution in [0.3, 0.4) is 0 Å². The molecule has 21 heavy (non-hydrogen) atoms. The number of hydrogen-bond acceptors (Lipinski definition) is 4. The van der Waals surface area contributed by atoms with Crippen molar-refractivity contribution in [2.45, 2.75) is 6.54 Å². The van der Waals surface area contributed by atoms with Crippen LogP contribution in [0, 0.1) is 10.1 Å². The Morgan fingerprint density at radius 2 is 2.00 bits per heavy atom. The average Bonchev–Trinajstić information content (AvgIpc) is 2.47. The van der Waals surface area contributed by atoms with Crippen LogP contribution in [-0.4, -0.2) is 27.8 Å². The number of nitro groups is 1. The summed E-state index contributed by atoms with van der Waals surface area (Å²) in [6.07, 6.45) is 0.969. The summed E-state index contributed by atoms with van der Waals surface area (Å²) in [6, 6.07) is 10.2. The molecule has 0 bridgehead atoms. The van der Waals surface area contributed by atoms with Crippen molar-refractivity contribution in [1.29, 1.82) is 0 Å². The molecule has 0 atom stereocenters. The van der Waals surface area contributed by atoms with E-state index in [-0.39, 0.29) is 11.3 Å². The zero-order valence-electron chi connectivity index (χ0n) is 11.3. The molecule has 0 spiro atoms. The van der Waals surface area contributed by atoms with Crippen LogP contribution in [0.4, 0.5) is 5.69 Å². The molecule has 1 N–H and O–H groups in total. The van der Waals surface area contributed by atoms with E-state index in [0.717, 1.165) is 17.8 Å². The molecule has 1 aromatic carbocycles. The predicted octanol–water partition coefficient (Wildman–Crippen LogP) is 1.56. The molecule has 0 saturated carbocycles. The molecule has 7 heteroatoms. The van der Waals surface area contributed by atoms with E-state index in [9.17, 15) is 19.7 Å². The summed E-state index contributed by atoms with van der Waals surface area (Å²) in [5, 5.41) is 10.7. The average molecular weight is 287 g/mol. The number of amides is 1. The van der Waals surface area contributed by atoms with E-state index >= 15 is 0 Å². The summed E-state index contributed by atoms with van der Waals surface area (Å²) in [6.45, 7) is 0.307. The number of nitrogens with zero attached hydrogens (tertiary/aromatic N) is 2. The third kappa shape index (κ3) is 3.33. The van der Waals surface area contributed by atoms with Gasteiger partial charge in [0.2, 0.25) is 0 Å². The van der Waals surface area contributed by atoms with E-state index in [0.29, 0.717) is 6.54 Å². The Bertz CT molecular complexity index is 724. The van der Waals surface area contributed by atoms with Gasteiger partial charge in [-0.05, 0) is 5.56 Å². The first-order valence-corrected chi connectivity index (χ1v) is 6.15. The summed E-state index contributed by atoms with van der Waals surface area (Å²) in [7, 11) is 1.54. The Morgan fingerprint density at radius 1 is 1.33 bits per heavy atom. The lowest BCUT2D eigenvalue weighted by molar-refractivity contribution is -0.385. The maximum atomic E-state index is 12.2. The zero-order valence-corrected chi connectivity index (χ0v) is 11.3. The minimum atomic E-state index is -0.663. The molecule has 1 amide bonds. The Morgan fingerprint density at radius 3 is 2.62 bits per heavy atom. The second kappa shape index (κ2) is 6.00. The van der Waals surface area contributed by atoms with E-state index in [1.54, 1.807) is 0 Å². The van der Waals surface area contributed by atoms with Crippen LogP contribution >= 0.6 is 0 Å². The first-order valence-electron chi connectivity index (χ1n) is 6.15. The highest BCUT2D eigenvalue weighted by molar-refractivity contribution is 5.94. The van der Waals surface area contributed by atoms with E-state index in [2.05, 4.69) is 4.98 Å². The standard InChI is InChI=1S/C14H13N3O4/c1-16(9-10-5-3-2-4-6-10)14(19)12-7-11(17(20)21)8-15-13(12)18/h2-8H,9H2,1H3,(H,15,18). The number of nitrogens with one attached hydrogen (secondary N) is 1. The third-order valence-corrected chi connectivity index (χ3v) is 2.94. The molecule has 0 radical (unpaired) electrons. The number of benzene rings is 1. The van der Waals surface area contributed by atoms with Gasteiger partial charge >= 0.3 is 0 Å². The molecular formula is C14H13N3O4. The lowest BCUT2D eigenvalue weighted by Crippen LogP contribution is -2.31. The number of hydrogen-bond donors (Lipinski definition) is 1. The van der Waals surface area contributed by atoms with Gasteiger partial charge in [0.15, 0.2) is 0 Å². The highest BCUT2D eigenvalue weighted by Gasteiger charge is 2.19. The Balaban J connectivity index is 2.25. The number of pyridine rings is 1. The highest BCUT2D eigenvalue weighted by Crippen LogP contribution is 2.11. The number of aromatic nitrogens is 1. The van der Waals surface area contributed by atoms with Crippen LogP contribution in [0.5, 0.6) is 0 Å². The van der Waals surface area contributed by atoms with E-state index in [1.165, 1.54) is 11.9 Å². The normalized spacial score (nSPS) is 10.1. The fraction of sp³-hybridized carbons (Fsp3) is 0.143. The molecule has 1 aromatic heterocycles. The van der Waals surface area contributed by atoms with Crippen LogP contribution < -0.4 is 5.56 Å². The summed E-state index contributed by atoms with van der Waals surface area (Å²) in [5.74, 6) is -0.566. The van der Waals surface area contributed by atoms with Crippen molar-refractivity contribution in [2.75, 3.05) is 7.05 Å². The molecule has 108 valence electrons. The van der Waals surface area contributed by atoms with Gasteiger partial charge in [-0.1, -0.05) is 30.3 Å². The molecular weight excluding hydrogens is 274 g/mol. The highest BCUT2D eigenvalue weighted by atomic mass is 16.6. The van der Waals surface area contributed by atoms with Crippen molar-refractivity contribution >= 4 is 11.6 Å². The van der Waals surface area contributed by atoms with E-state index in [1.807, 2.05) is 30.3 Å². The van der Waals surface area contributed by atoms with Crippen molar-refractivity contribution in [3.8, 4) is 0 Å². The van der Waals surface area contributed by atoms with Crippen LogP contribution in [-0.2, 0) is 6.54 Å². The maximum Gasteiger partial charge on any atom is 0.286 e. The topological polar surface area (TPSA) is 96.3 Å². The summed E-state index contributed by atoms with van der Waals surface area (Å²) in [4.78, 5) is 37.5. The Kier molecular flexibility index (Phi) is 4.13. The largest absolute Gasteiger partial charge is 0.337 e. The minimum Gasteiger partial charge on any atom is -0.337 e. The lowest BCUT2D eigenvalue weighted by atomic mass is 10.2. The Hall–Kier alpha value is -2.96. The zero-order chi connectivity index (χ0) is 15.4. The van der Waals surface area contributed by atoms with Crippen LogP contribution in [0.2, 0.25) is 0 Å². The van der Waals surface area contributed by atoms with Crippen molar-refractivity contribution in [3.05, 3.63) is 74.2 Å². The van der Waals surface area contributed by atoms with Gasteiger partial charge in [-0.25, -0.2) is 0 Å². The molecule has 0 saturated heterocycles. The first-order chi connectivity index (χ1) is 9.99. The van der Waals surface area contributed by atoms with Gasteiger partial charge in [0.05, 0.1) is 11.1 Å². The first kappa shape index (κ1) is 14.4. The number of carbonyl (C=O) groups is 1. The molecule has 7 nitrogen and oxygen atoms in total. The molecule has 0 aliphatic carbocycles. The smallest absolute Gasteiger partial charge is 0.286 e. The van der Waals surface area contributed by atoms with Gasteiger partial charge in [0, 0.05) is 19.7 Å². The fourth-order valence-corrected chi connectivity index (χ4v) is 1.87. The third-order valence-electron chi connectivity index (χ3n) is 2.94. The second-order valence-corrected chi connectivity index (χ2v) is 4.50. The van der Waals surface area contributed by atoms with Gasteiger partial charge in [-0.2, -0.15) is 0 Å². The molecule has 1 heterocycles. The van der Waals surface area contributed by atoms with Crippen LogP contribution in [0.15, 0.2) is 47.4 Å². The maximum absolute atomic E-state index is 12.2. The summed E-state index contributed by atoms with van der Waals surface area (Å²) in [5.41, 5.74) is -0.325. The molecule has 0 fully saturated rings. The predicted molar refractivity (Wildman–Crippen MR) is 76.0 cm³/mol. The quantitative estimate of drug-likeness (QED) is 0.681. The molecule has 2 rings (SSSR count). The van der Waals surface area contributed by atoms with Crippen molar-refractivity contribution in [2.24, 2.45) is 0 Å². The SMILES string of the molecule is CN(Cc1ccccc1)C(=O)c1cc([N+](=O)[O-])c[nH]c1=O. The van der Waals surface area contributed by atoms with Gasteiger partial charge < -0.3 is 9.88 Å². The van der Waals surface area contributed by atoms with Crippen LogP contribution in [0.1, 0.15) is 15.9 Å². The van der Waals surface area contributed by atoms with Crippen molar-refractivity contribution in [3.63, 3.8) is 0 Å². The van der Waals surface area contributed by atoms with E-state index < -0.39 is 16.4 Å². The monoisotopic (exact) mass is 287 g/mol. The Labute approximate surface area is 120 Å². The van der Waals surface area contributed by atoms with Crippen LogP contribution in [0.25, 0.3) is 0 Å². The molecule has 2 aromatic rings. The summed E-state index contributed by atoms with van der Waals surface area (Å²) >= 11 is 0. The summed E-state index contributed by atoms with van der Waals surface area (Å²) < 4.78 is 0.